The normalized spacial score (nSPS) is 15.2. The van der Waals surface area contributed by atoms with Gasteiger partial charge in [0, 0.05) is 30.6 Å². The number of hydrogen-bond acceptors (Lipinski definition) is 4. The minimum Gasteiger partial charge on any atom is -0.369 e. The van der Waals surface area contributed by atoms with Crippen molar-refractivity contribution in [1.29, 1.82) is 0 Å². The van der Waals surface area contributed by atoms with Gasteiger partial charge < -0.3 is 10.3 Å². The topological polar surface area (TPSA) is 72.4 Å². The van der Waals surface area contributed by atoms with E-state index in [1.54, 1.807) is 0 Å². The zero-order chi connectivity index (χ0) is 13.2. The second kappa shape index (κ2) is 4.85. The van der Waals surface area contributed by atoms with E-state index < -0.39 is 0 Å². The summed E-state index contributed by atoms with van der Waals surface area (Å²) in [4.78, 5) is 13.0. The van der Waals surface area contributed by atoms with Gasteiger partial charge in [-0.1, -0.05) is 35.5 Å². The Balaban J connectivity index is 1.91. The van der Waals surface area contributed by atoms with Crippen LogP contribution in [-0.2, 0) is 17.8 Å². The molecule has 0 aliphatic carbocycles. The minimum absolute atomic E-state index is 0.277. The molecule has 0 spiro atoms. The van der Waals surface area contributed by atoms with Crippen LogP contribution in [0, 0.1) is 0 Å². The van der Waals surface area contributed by atoms with Crippen LogP contribution in [-0.4, -0.2) is 29.1 Å². The fourth-order valence-electron chi connectivity index (χ4n) is 2.44. The molecule has 1 amide bonds. The molecule has 1 aromatic heterocycles. The first kappa shape index (κ1) is 11.9. The first-order chi connectivity index (χ1) is 9.24. The summed E-state index contributed by atoms with van der Waals surface area (Å²) in [6, 6.07) is 9.92. The summed E-state index contributed by atoms with van der Waals surface area (Å²) in [6.07, 6.45) is 0.766. The van der Waals surface area contributed by atoms with Crippen LogP contribution in [0.5, 0.6) is 0 Å². The van der Waals surface area contributed by atoms with Crippen LogP contribution < -0.4 is 5.73 Å². The van der Waals surface area contributed by atoms with Gasteiger partial charge in [0.25, 0.3) is 0 Å². The van der Waals surface area contributed by atoms with Crippen molar-refractivity contribution in [3.8, 4) is 11.3 Å². The summed E-state index contributed by atoms with van der Waals surface area (Å²) >= 11 is 0. The van der Waals surface area contributed by atoms with Crippen LogP contribution in [0.25, 0.3) is 11.3 Å². The van der Waals surface area contributed by atoms with Gasteiger partial charge in [0.2, 0.25) is 5.91 Å². The summed E-state index contributed by atoms with van der Waals surface area (Å²) in [5.74, 6) is 0.612. The van der Waals surface area contributed by atoms with Crippen LogP contribution in [0.3, 0.4) is 0 Å². The van der Waals surface area contributed by atoms with Crippen molar-refractivity contribution in [3.63, 3.8) is 0 Å². The van der Waals surface area contributed by atoms with Gasteiger partial charge in [-0.25, -0.2) is 0 Å². The second-order valence-electron chi connectivity index (χ2n) is 4.73. The van der Waals surface area contributed by atoms with Crippen molar-refractivity contribution in [2.75, 3.05) is 13.1 Å². The molecular formula is C14H15N3O2. The predicted octanol–water partition coefficient (Wildman–Crippen LogP) is 1.19. The van der Waals surface area contributed by atoms with Crippen LogP contribution >= 0.6 is 0 Å². The molecule has 3 rings (SSSR count). The quantitative estimate of drug-likeness (QED) is 0.896. The first-order valence-corrected chi connectivity index (χ1v) is 6.27. The molecule has 0 radical (unpaired) electrons. The Morgan fingerprint density at radius 2 is 2.16 bits per heavy atom. The molecule has 0 bridgehead atoms. The number of nitrogens with two attached hydrogens (primary N) is 1. The number of nitrogens with zero attached hydrogens (tertiary/aromatic N) is 2. The van der Waals surface area contributed by atoms with E-state index in [0.29, 0.717) is 6.54 Å². The van der Waals surface area contributed by atoms with Gasteiger partial charge in [0.15, 0.2) is 0 Å². The Labute approximate surface area is 111 Å². The lowest BCUT2D eigenvalue weighted by molar-refractivity contribution is -0.119. The zero-order valence-electron chi connectivity index (χ0n) is 10.5. The maximum atomic E-state index is 11.0. The standard InChI is InChI=1S/C14H15N3O2/c15-13(18)9-17-7-6-12-11(8-17)14(16-19-12)10-4-2-1-3-5-10/h1-5H,6-9H2,(H2,15,18). The molecule has 2 heterocycles. The average Bonchev–Trinajstić information content (AvgIpc) is 2.82. The monoisotopic (exact) mass is 257 g/mol. The number of fused-ring (bicyclic) bond motifs is 1. The number of hydrogen-bond donors (Lipinski definition) is 1. The third-order valence-electron chi connectivity index (χ3n) is 3.33. The molecule has 0 atom stereocenters. The van der Waals surface area contributed by atoms with E-state index in [9.17, 15) is 4.79 Å². The number of primary amides is 1. The SMILES string of the molecule is NC(=O)CN1CCc2onc(-c3ccccc3)c2C1. The minimum atomic E-state index is -0.304. The van der Waals surface area contributed by atoms with E-state index in [-0.39, 0.29) is 12.5 Å². The van der Waals surface area contributed by atoms with Crippen LogP contribution in [0.15, 0.2) is 34.9 Å². The molecule has 2 N–H and O–H groups in total. The lowest BCUT2D eigenvalue weighted by Gasteiger charge is -2.24. The summed E-state index contributed by atoms with van der Waals surface area (Å²) < 4.78 is 5.40. The van der Waals surface area contributed by atoms with Crippen molar-refractivity contribution in [3.05, 3.63) is 41.7 Å². The molecule has 19 heavy (non-hydrogen) atoms. The van der Waals surface area contributed by atoms with E-state index in [1.807, 2.05) is 35.2 Å². The molecular weight excluding hydrogens is 242 g/mol. The van der Waals surface area contributed by atoms with Crippen LogP contribution in [0.2, 0.25) is 0 Å². The Hall–Kier alpha value is -2.14. The van der Waals surface area contributed by atoms with Gasteiger partial charge >= 0.3 is 0 Å². The lowest BCUT2D eigenvalue weighted by atomic mass is 10.0. The summed E-state index contributed by atoms with van der Waals surface area (Å²) in [7, 11) is 0. The average molecular weight is 257 g/mol. The Kier molecular flexibility index (Phi) is 3.05. The zero-order valence-corrected chi connectivity index (χ0v) is 10.5. The van der Waals surface area contributed by atoms with Crippen LogP contribution in [0.1, 0.15) is 11.3 Å². The molecule has 0 unspecified atom stereocenters. The number of rotatable bonds is 3. The molecule has 1 aliphatic rings. The number of amides is 1. The second-order valence-corrected chi connectivity index (χ2v) is 4.73. The summed E-state index contributed by atoms with van der Waals surface area (Å²) in [6.45, 7) is 1.71. The van der Waals surface area contributed by atoms with Gasteiger partial charge in [-0.2, -0.15) is 0 Å². The highest BCUT2D eigenvalue weighted by Gasteiger charge is 2.25. The molecule has 0 saturated carbocycles. The maximum Gasteiger partial charge on any atom is 0.231 e. The number of carbonyl (C=O) groups excluding carboxylic acids is 1. The highest BCUT2D eigenvalue weighted by atomic mass is 16.5. The van der Waals surface area contributed by atoms with E-state index in [4.69, 9.17) is 10.3 Å². The summed E-state index contributed by atoms with van der Waals surface area (Å²) in [5, 5.41) is 4.16. The number of aromatic nitrogens is 1. The number of benzene rings is 1. The van der Waals surface area contributed by atoms with Gasteiger partial charge in [0.05, 0.1) is 6.54 Å². The Morgan fingerprint density at radius 1 is 1.37 bits per heavy atom. The first-order valence-electron chi connectivity index (χ1n) is 6.27. The Morgan fingerprint density at radius 3 is 2.89 bits per heavy atom. The van der Waals surface area contributed by atoms with Gasteiger partial charge in [-0.15, -0.1) is 0 Å². The van der Waals surface area contributed by atoms with E-state index in [2.05, 4.69) is 5.16 Å². The third-order valence-corrected chi connectivity index (χ3v) is 3.33. The largest absolute Gasteiger partial charge is 0.369 e. The fraction of sp³-hybridized carbons (Fsp3) is 0.286. The molecule has 0 saturated heterocycles. The molecule has 5 heteroatoms. The van der Waals surface area contributed by atoms with Crippen molar-refractivity contribution in [2.45, 2.75) is 13.0 Å². The smallest absolute Gasteiger partial charge is 0.231 e. The molecule has 1 aromatic carbocycles. The van der Waals surface area contributed by atoms with Gasteiger partial charge in [0.1, 0.15) is 11.5 Å². The maximum absolute atomic E-state index is 11.0. The summed E-state index contributed by atoms with van der Waals surface area (Å²) in [5.41, 5.74) is 8.22. The molecule has 98 valence electrons. The molecule has 5 nitrogen and oxygen atoms in total. The molecule has 0 fully saturated rings. The van der Waals surface area contributed by atoms with E-state index >= 15 is 0 Å². The van der Waals surface area contributed by atoms with Crippen molar-refractivity contribution < 1.29 is 9.32 Å². The third kappa shape index (κ3) is 2.37. The van der Waals surface area contributed by atoms with E-state index in [1.165, 1.54) is 0 Å². The van der Waals surface area contributed by atoms with Gasteiger partial charge in [-0.3, -0.25) is 9.69 Å². The lowest BCUT2D eigenvalue weighted by Crippen LogP contribution is -2.37. The van der Waals surface area contributed by atoms with Crippen LogP contribution in [0.4, 0.5) is 0 Å². The predicted molar refractivity (Wildman–Crippen MR) is 70.1 cm³/mol. The highest BCUT2D eigenvalue weighted by Crippen LogP contribution is 2.29. The molecule has 2 aromatic rings. The fourth-order valence-corrected chi connectivity index (χ4v) is 2.44. The van der Waals surface area contributed by atoms with Gasteiger partial charge in [-0.05, 0) is 0 Å². The molecule has 1 aliphatic heterocycles. The number of carbonyl (C=O) groups is 1. The van der Waals surface area contributed by atoms with E-state index in [0.717, 1.165) is 35.5 Å². The van der Waals surface area contributed by atoms with Crippen molar-refractivity contribution in [1.82, 2.24) is 10.1 Å². The van der Waals surface area contributed by atoms with Crippen molar-refractivity contribution >= 4 is 5.91 Å². The van der Waals surface area contributed by atoms with Crippen molar-refractivity contribution in [2.24, 2.45) is 5.73 Å². The highest BCUT2D eigenvalue weighted by molar-refractivity contribution is 5.76. The Bertz CT molecular complexity index is 592.